The Morgan fingerprint density at radius 1 is 1.25 bits per heavy atom. The second-order valence-corrected chi connectivity index (χ2v) is 4.71. The molecule has 0 fully saturated rings. The summed E-state index contributed by atoms with van der Waals surface area (Å²) in [6.07, 6.45) is -1.35. The molecule has 6 nitrogen and oxygen atoms in total. The molecule has 0 aliphatic heterocycles. The number of aryl methyl sites for hydroxylation is 1. The average molecular weight is 286 g/mol. The van der Waals surface area contributed by atoms with E-state index in [1.807, 2.05) is 6.92 Å². The van der Waals surface area contributed by atoms with E-state index in [1.165, 1.54) is 21.1 Å². The first-order valence-electron chi connectivity index (χ1n) is 6.20. The van der Waals surface area contributed by atoms with E-state index in [2.05, 4.69) is 0 Å². The molecular formula is C14H22O6. The van der Waals surface area contributed by atoms with Crippen LogP contribution in [0.2, 0.25) is 0 Å². The van der Waals surface area contributed by atoms with Crippen LogP contribution in [0.25, 0.3) is 0 Å². The Bertz CT molecular complexity index is 444. The molecule has 3 N–H and O–H groups in total. The molecule has 0 saturated heterocycles. The van der Waals surface area contributed by atoms with Crippen molar-refractivity contribution in [3.05, 3.63) is 23.3 Å². The van der Waals surface area contributed by atoms with Crippen LogP contribution in [0, 0.1) is 6.92 Å². The highest BCUT2D eigenvalue weighted by molar-refractivity contribution is 5.48. The van der Waals surface area contributed by atoms with Crippen LogP contribution in [0.1, 0.15) is 18.1 Å². The van der Waals surface area contributed by atoms with Gasteiger partial charge in [-0.3, -0.25) is 0 Å². The fourth-order valence-corrected chi connectivity index (χ4v) is 1.88. The zero-order valence-corrected chi connectivity index (χ0v) is 12.2. The number of aliphatic hydroxyl groups excluding tert-OH is 2. The Morgan fingerprint density at radius 2 is 1.90 bits per heavy atom. The summed E-state index contributed by atoms with van der Waals surface area (Å²) < 4.78 is 15.5. The zero-order chi connectivity index (χ0) is 15.3. The second kappa shape index (κ2) is 6.90. The van der Waals surface area contributed by atoms with Crippen LogP contribution in [-0.4, -0.2) is 49.0 Å². The Hall–Kier alpha value is -1.34. The summed E-state index contributed by atoms with van der Waals surface area (Å²) in [6, 6.07) is 3.27. The first-order valence-corrected chi connectivity index (χ1v) is 6.20. The number of methoxy groups -OCH3 is 2. The smallest absolute Gasteiger partial charge is 0.188 e. The topological polar surface area (TPSA) is 88.4 Å². The van der Waals surface area contributed by atoms with E-state index >= 15 is 0 Å². The minimum absolute atomic E-state index is 0.00404. The third-order valence-corrected chi connectivity index (χ3v) is 3.20. The van der Waals surface area contributed by atoms with E-state index in [0.717, 1.165) is 5.56 Å². The maximum Gasteiger partial charge on any atom is 0.188 e. The largest absolute Gasteiger partial charge is 0.496 e. The maximum absolute atomic E-state index is 10.5. The summed E-state index contributed by atoms with van der Waals surface area (Å²) in [6.45, 7) is 2.66. The lowest BCUT2D eigenvalue weighted by Gasteiger charge is -2.30. The van der Waals surface area contributed by atoms with Gasteiger partial charge in [0.25, 0.3) is 0 Å². The summed E-state index contributed by atoms with van der Waals surface area (Å²) in [5, 5.41) is 29.3. The van der Waals surface area contributed by atoms with Gasteiger partial charge in [0.15, 0.2) is 6.79 Å². The minimum Gasteiger partial charge on any atom is -0.496 e. The molecule has 1 aromatic rings. The average Bonchev–Trinajstić information content (AvgIpc) is 2.43. The first-order chi connectivity index (χ1) is 9.38. The number of aliphatic hydroxyl groups is 3. The summed E-state index contributed by atoms with van der Waals surface area (Å²) in [5.41, 5.74) is -0.547. The van der Waals surface area contributed by atoms with E-state index in [9.17, 15) is 10.2 Å². The third kappa shape index (κ3) is 3.40. The van der Waals surface area contributed by atoms with Crippen molar-refractivity contribution in [2.24, 2.45) is 0 Å². The van der Waals surface area contributed by atoms with Gasteiger partial charge in [-0.25, -0.2) is 0 Å². The van der Waals surface area contributed by atoms with Gasteiger partial charge in [-0.15, -0.1) is 0 Å². The molecule has 6 heteroatoms. The normalized spacial score (nSPS) is 15.6. The van der Waals surface area contributed by atoms with Crippen LogP contribution in [0.4, 0.5) is 0 Å². The van der Waals surface area contributed by atoms with Crippen molar-refractivity contribution >= 4 is 0 Å². The zero-order valence-electron chi connectivity index (χ0n) is 12.2. The van der Waals surface area contributed by atoms with Crippen LogP contribution in [0.15, 0.2) is 12.1 Å². The van der Waals surface area contributed by atoms with Crippen molar-refractivity contribution in [1.82, 2.24) is 0 Å². The van der Waals surface area contributed by atoms with Gasteiger partial charge < -0.3 is 29.5 Å². The fourth-order valence-electron chi connectivity index (χ4n) is 1.88. The standard InChI is InChI=1S/C14H22O6/c1-9-5-12(20-8-18-3)10(6-11(9)19-4)14(2,17)13(16)7-15/h5-6,13,15-17H,7-8H2,1-4H3. The van der Waals surface area contributed by atoms with Crippen molar-refractivity contribution in [3.8, 4) is 11.5 Å². The predicted octanol–water partition coefficient (Wildman–Crippen LogP) is 0.547. The van der Waals surface area contributed by atoms with Gasteiger partial charge in [-0.1, -0.05) is 0 Å². The van der Waals surface area contributed by atoms with Crippen LogP contribution >= 0.6 is 0 Å². The van der Waals surface area contributed by atoms with Crippen LogP contribution in [0.5, 0.6) is 11.5 Å². The predicted molar refractivity (Wildman–Crippen MR) is 72.9 cm³/mol. The minimum atomic E-state index is -1.68. The van der Waals surface area contributed by atoms with Crippen molar-refractivity contribution in [2.45, 2.75) is 25.6 Å². The second-order valence-electron chi connectivity index (χ2n) is 4.71. The third-order valence-electron chi connectivity index (χ3n) is 3.20. The number of benzene rings is 1. The lowest BCUT2D eigenvalue weighted by Crippen LogP contribution is -2.39. The van der Waals surface area contributed by atoms with Gasteiger partial charge in [-0.2, -0.15) is 0 Å². The van der Waals surface area contributed by atoms with Crippen molar-refractivity contribution < 1.29 is 29.5 Å². The highest BCUT2D eigenvalue weighted by Gasteiger charge is 2.35. The highest BCUT2D eigenvalue weighted by Crippen LogP contribution is 2.37. The molecule has 1 aromatic carbocycles. The van der Waals surface area contributed by atoms with E-state index < -0.39 is 18.3 Å². The van der Waals surface area contributed by atoms with Crippen molar-refractivity contribution in [2.75, 3.05) is 27.6 Å². The quantitative estimate of drug-likeness (QED) is 0.634. The molecular weight excluding hydrogens is 264 g/mol. The number of rotatable bonds is 7. The molecule has 0 aliphatic rings. The first kappa shape index (κ1) is 16.7. The molecule has 0 heterocycles. The maximum atomic E-state index is 10.5. The molecule has 0 aliphatic carbocycles. The lowest BCUT2D eigenvalue weighted by molar-refractivity contribution is -0.0899. The molecule has 2 atom stereocenters. The Kier molecular flexibility index (Phi) is 5.76. The van der Waals surface area contributed by atoms with Gasteiger partial charge in [0.1, 0.15) is 23.2 Å². The molecule has 114 valence electrons. The van der Waals surface area contributed by atoms with Crippen LogP contribution < -0.4 is 9.47 Å². The number of ether oxygens (including phenoxy) is 3. The Balaban J connectivity index is 3.32. The van der Waals surface area contributed by atoms with Gasteiger partial charge >= 0.3 is 0 Å². The highest BCUT2D eigenvalue weighted by atomic mass is 16.7. The summed E-state index contributed by atoms with van der Waals surface area (Å²) in [7, 11) is 3.00. The van der Waals surface area contributed by atoms with Crippen molar-refractivity contribution in [1.29, 1.82) is 0 Å². The van der Waals surface area contributed by atoms with Crippen LogP contribution in [0.3, 0.4) is 0 Å². The van der Waals surface area contributed by atoms with Crippen molar-refractivity contribution in [3.63, 3.8) is 0 Å². The van der Waals surface area contributed by atoms with Gasteiger partial charge in [0.2, 0.25) is 0 Å². The molecule has 2 unspecified atom stereocenters. The summed E-state index contributed by atoms with van der Waals surface area (Å²) in [4.78, 5) is 0. The lowest BCUT2D eigenvalue weighted by atomic mass is 9.88. The molecule has 0 saturated carbocycles. The van der Waals surface area contributed by atoms with Gasteiger partial charge in [0, 0.05) is 12.7 Å². The van der Waals surface area contributed by atoms with Crippen LogP contribution in [-0.2, 0) is 10.3 Å². The SMILES string of the molecule is COCOc1cc(C)c(OC)cc1C(C)(O)C(O)CO. The monoisotopic (exact) mass is 286 g/mol. The van der Waals surface area contributed by atoms with Gasteiger partial charge in [-0.05, 0) is 31.5 Å². The fraction of sp³-hybridized carbons (Fsp3) is 0.571. The summed E-state index contributed by atoms with van der Waals surface area (Å²) >= 11 is 0. The molecule has 0 radical (unpaired) electrons. The molecule has 1 rings (SSSR count). The molecule has 0 spiro atoms. The molecule has 0 aromatic heterocycles. The molecule has 0 bridgehead atoms. The summed E-state index contributed by atoms with van der Waals surface area (Å²) in [5.74, 6) is 0.915. The Morgan fingerprint density at radius 3 is 2.40 bits per heavy atom. The van der Waals surface area contributed by atoms with Gasteiger partial charge in [0.05, 0.1) is 13.7 Å². The van der Waals surface area contributed by atoms with E-state index in [4.69, 9.17) is 19.3 Å². The number of hydrogen-bond acceptors (Lipinski definition) is 6. The van der Waals surface area contributed by atoms with E-state index in [-0.39, 0.29) is 6.79 Å². The van der Waals surface area contributed by atoms with E-state index in [1.54, 1.807) is 12.1 Å². The Labute approximate surface area is 118 Å². The van der Waals surface area contributed by atoms with E-state index in [0.29, 0.717) is 17.1 Å². The molecule has 20 heavy (non-hydrogen) atoms. The number of hydrogen-bond donors (Lipinski definition) is 3. The molecule has 0 amide bonds.